The van der Waals surface area contributed by atoms with Gasteiger partial charge in [-0.2, -0.15) is 0 Å². The van der Waals surface area contributed by atoms with Gasteiger partial charge in [0.2, 0.25) is 0 Å². The molecule has 0 aliphatic heterocycles. The highest BCUT2D eigenvalue weighted by Crippen LogP contribution is 2.28. The standard InChI is InChI=1S/C15H26N4OS/c1-3-13-9-18-14(21-13)10-19-15(16-2)17-7-4-8-20-11-12-5-6-12/h9,12H,3-8,10-11H2,1-2H3,(H2,16,17,19). The first-order valence-corrected chi connectivity index (χ1v) is 8.59. The van der Waals surface area contributed by atoms with Crippen LogP contribution in [0.4, 0.5) is 0 Å². The minimum absolute atomic E-state index is 0.725. The fraction of sp³-hybridized carbons (Fsp3) is 0.733. The summed E-state index contributed by atoms with van der Waals surface area (Å²) in [5.41, 5.74) is 0. The minimum Gasteiger partial charge on any atom is -0.381 e. The zero-order valence-corrected chi connectivity index (χ0v) is 13.8. The van der Waals surface area contributed by atoms with Gasteiger partial charge in [0.1, 0.15) is 5.01 Å². The van der Waals surface area contributed by atoms with Crippen molar-refractivity contribution in [3.63, 3.8) is 0 Å². The van der Waals surface area contributed by atoms with Crippen molar-refractivity contribution in [2.75, 3.05) is 26.8 Å². The monoisotopic (exact) mass is 310 g/mol. The van der Waals surface area contributed by atoms with Gasteiger partial charge in [0.25, 0.3) is 0 Å². The van der Waals surface area contributed by atoms with Gasteiger partial charge in [0, 0.05) is 37.9 Å². The van der Waals surface area contributed by atoms with Crippen LogP contribution in [0.25, 0.3) is 0 Å². The lowest BCUT2D eigenvalue weighted by Crippen LogP contribution is -2.37. The Bertz CT molecular complexity index is 443. The van der Waals surface area contributed by atoms with Crippen LogP contribution in [-0.4, -0.2) is 37.7 Å². The minimum atomic E-state index is 0.725. The molecule has 118 valence electrons. The second-order valence-electron chi connectivity index (χ2n) is 5.30. The highest BCUT2D eigenvalue weighted by Gasteiger charge is 2.20. The maximum Gasteiger partial charge on any atom is 0.191 e. The third kappa shape index (κ3) is 6.44. The van der Waals surface area contributed by atoms with Crippen molar-refractivity contribution in [2.24, 2.45) is 10.9 Å². The molecule has 1 aromatic heterocycles. The van der Waals surface area contributed by atoms with Gasteiger partial charge >= 0.3 is 0 Å². The van der Waals surface area contributed by atoms with E-state index in [-0.39, 0.29) is 0 Å². The molecule has 0 radical (unpaired) electrons. The third-order valence-electron chi connectivity index (χ3n) is 3.39. The number of aromatic nitrogens is 1. The summed E-state index contributed by atoms with van der Waals surface area (Å²) in [5.74, 6) is 1.67. The van der Waals surface area contributed by atoms with E-state index in [4.69, 9.17) is 4.74 Å². The number of hydrogen-bond acceptors (Lipinski definition) is 4. The molecule has 2 rings (SSSR count). The van der Waals surface area contributed by atoms with Gasteiger partial charge in [0.05, 0.1) is 6.54 Å². The molecule has 0 unspecified atom stereocenters. The SMILES string of the molecule is CCc1cnc(CNC(=NC)NCCCOCC2CC2)s1. The van der Waals surface area contributed by atoms with Crippen LogP contribution in [-0.2, 0) is 17.7 Å². The Labute approximate surface area is 131 Å². The molecule has 0 spiro atoms. The first-order valence-electron chi connectivity index (χ1n) is 7.77. The summed E-state index contributed by atoms with van der Waals surface area (Å²) >= 11 is 1.75. The molecular formula is C15H26N4OS. The Kier molecular flexibility index (Phi) is 6.95. The van der Waals surface area contributed by atoms with Crippen LogP contribution in [0.1, 0.15) is 36.1 Å². The maximum atomic E-state index is 5.61. The van der Waals surface area contributed by atoms with Crippen LogP contribution in [0, 0.1) is 5.92 Å². The first kappa shape index (κ1) is 16.2. The van der Waals surface area contributed by atoms with Crippen LogP contribution < -0.4 is 10.6 Å². The average Bonchev–Trinajstić information content (AvgIpc) is 3.22. The number of aryl methyl sites for hydroxylation is 1. The fourth-order valence-electron chi connectivity index (χ4n) is 1.89. The fourth-order valence-corrected chi connectivity index (χ4v) is 2.69. The second-order valence-corrected chi connectivity index (χ2v) is 6.50. The van der Waals surface area contributed by atoms with Gasteiger partial charge in [-0.25, -0.2) is 4.98 Å². The maximum absolute atomic E-state index is 5.61. The molecule has 2 N–H and O–H groups in total. The van der Waals surface area contributed by atoms with Crippen molar-refractivity contribution >= 4 is 17.3 Å². The number of nitrogens with zero attached hydrogens (tertiary/aromatic N) is 2. The molecule has 1 aliphatic rings. The van der Waals surface area contributed by atoms with Crippen LogP contribution in [0.5, 0.6) is 0 Å². The van der Waals surface area contributed by atoms with Crippen LogP contribution in [0.2, 0.25) is 0 Å². The molecule has 0 atom stereocenters. The Balaban J connectivity index is 1.54. The molecule has 0 amide bonds. The van der Waals surface area contributed by atoms with E-state index in [1.54, 1.807) is 18.4 Å². The van der Waals surface area contributed by atoms with Crippen molar-refractivity contribution in [1.82, 2.24) is 15.6 Å². The van der Waals surface area contributed by atoms with E-state index < -0.39 is 0 Å². The summed E-state index contributed by atoms with van der Waals surface area (Å²) in [6, 6.07) is 0. The first-order chi connectivity index (χ1) is 10.3. The third-order valence-corrected chi connectivity index (χ3v) is 4.53. The number of aliphatic imine (C=N–C) groups is 1. The zero-order chi connectivity index (χ0) is 14.9. The summed E-state index contributed by atoms with van der Waals surface area (Å²) in [7, 11) is 1.79. The molecule has 5 nitrogen and oxygen atoms in total. The average molecular weight is 310 g/mol. The predicted molar refractivity (Wildman–Crippen MR) is 87.9 cm³/mol. The smallest absolute Gasteiger partial charge is 0.191 e. The van der Waals surface area contributed by atoms with E-state index in [0.717, 1.165) is 56.0 Å². The summed E-state index contributed by atoms with van der Waals surface area (Å²) in [6.07, 6.45) is 6.71. The molecule has 6 heteroatoms. The quantitative estimate of drug-likeness (QED) is 0.417. The molecule has 0 bridgehead atoms. The molecule has 1 heterocycles. The summed E-state index contributed by atoms with van der Waals surface area (Å²) in [4.78, 5) is 9.93. The molecule has 1 saturated carbocycles. The predicted octanol–water partition coefficient (Wildman–Crippen LogP) is 2.19. The Morgan fingerprint density at radius 2 is 2.33 bits per heavy atom. The lowest BCUT2D eigenvalue weighted by atomic mass is 10.4. The van der Waals surface area contributed by atoms with E-state index in [0.29, 0.717) is 0 Å². The summed E-state index contributed by atoms with van der Waals surface area (Å²) < 4.78 is 5.61. The largest absolute Gasteiger partial charge is 0.381 e. The molecule has 1 aromatic rings. The lowest BCUT2D eigenvalue weighted by Gasteiger charge is -2.10. The number of rotatable bonds is 9. The van der Waals surface area contributed by atoms with Crippen molar-refractivity contribution in [3.05, 3.63) is 16.1 Å². The summed E-state index contributed by atoms with van der Waals surface area (Å²) in [5, 5.41) is 7.69. The van der Waals surface area contributed by atoms with Gasteiger partial charge in [-0.3, -0.25) is 4.99 Å². The van der Waals surface area contributed by atoms with Gasteiger partial charge < -0.3 is 15.4 Å². The van der Waals surface area contributed by atoms with Crippen molar-refractivity contribution < 1.29 is 4.74 Å². The van der Waals surface area contributed by atoms with Crippen LogP contribution in [0.15, 0.2) is 11.2 Å². The van der Waals surface area contributed by atoms with Crippen molar-refractivity contribution in [3.8, 4) is 0 Å². The Morgan fingerprint density at radius 1 is 1.48 bits per heavy atom. The Hall–Kier alpha value is -1.14. The molecule has 1 fully saturated rings. The molecule has 0 aromatic carbocycles. The van der Waals surface area contributed by atoms with Gasteiger partial charge in [-0.05, 0) is 31.6 Å². The normalized spacial score (nSPS) is 15.2. The van der Waals surface area contributed by atoms with E-state index in [2.05, 4.69) is 27.5 Å². The van der Waals surface area contributed by atoms with Gasteiger partial charge in [-0.15, -0.1) is 11.3 Å². The van der Waals surface area contributed by atoms with Crippen molar-refractivity contribution in [1.29, 1.82) is 0 Å². The number of hydrogen-bond donors (Lipinski definition) is 2. The zero-order valence-electron chi connectivity index (χ0n) is 13.0. The lowest BCUT2D eigenvalue weighted by molar-refractivity contribution is 0.123. The Morgan fingerprint density at radius 3 is 3.00 bits per heavy atom. The molecular weight excluding hydrogens is 284 g/mol. The van der Waals surface area contributed by atoms with Crippen LogP contribution >= 0.6 is 11.3 Å². The number of guanidine groups is 1. The van der Waals surface area contributed by atoms with Gasteiger partial charge in [0.15, 0.2) is 5.96 Å². The highest BCUT2D eigenvalue weighted by molar-refractivity contribution is 7.11. The van der Waals surface area contributed by atoms with Gasteiger partial charge in [-0.1, -0.05) is 6.92 Å². The van der Waals surface area contributed by atoms with Crippen LogP contribution in [0.3, 0.4) is 0 Å². The van der Waals surface area contributed by atoms with E-state index >= 15 is 0 Å². The van der Waals surface area contributed by atoms with E-state index in [1.807, 2.05) is 6.20 Å². The highest BCUT2D eigenvalue weighted by atomic mass is 32.1. The van der Waals surface area contributed by atoms with Crippen molar-refractivity contribution in [2.45, 2.75) is 39.2 Å². The topological polar surface area (TPSA) is 58.5 Å². The second kappa shape index (κ2) is 9.00. The number of nitrogens with one attached hydrogen (secondary N) is 2. The molecule has 0 saturated heterocycles. The number of ether oxygens (including phenoxy) is 1. The summed E-state index contributed by atoms with van der Waals surface area (Å²) in [6.45, 7) is 5.52. The van der Waals surface area contributed by atoms with E-state index in [9.17, 15) is 0 Å². The molecule has 1 aliphatic carbocycles. The molecule has 21 heavy (non-hydrogen) atoms. The van der Waals surface area contributed by atoms with E-state index in [1.165, 1.54) is 17.7 Å². The number of thiazole rings is 1.